The Bertz CT molecular complexity index is 653. The van der Waals surface area contributed by atoms with Crippen molar-refractivity contribution in [2.24, 2.45) is 0 Å². The van der Waals surface area contributed by atoms with Crippen LogP contribution in [0.4, 0.5) is 5.69 Å². The van der Waals surface area contributed by atoms with Crippen molar-refractivity contribution in [3.63, 3.8) is 0 Å². The van der Waals surface area contributed by atoms with Gasteiger partial charge in [-0.2, -0.15) is 0 Å². The number of aryl methyl sites for hydroxylation is 1. The monoisotopic (exact) mass is 237 g/mol. The predicted molar refractivity (Wildman–Crippen MR) is 74.6 cm³/mol. The van der Waals surface area contributed by atoms with E-state index in [1.54, 1.807) is 0 Å². The minimum absolute atomic E-state index is 0.795. The van der Waals surface area contributed by atoms with E-state index in [1.165, 1.54) is 10.9 Å². The van der Waals surface area contributed by atoms with Gasteiger partial charge in [-0.15, -0.1) is 0 Å². The molecule has 0 aliphatic heterocycles. The van der Waals surface area contributed by atoms with Gasteiger partial charge < -0.3 is 10.3 Å². The van der Waals surface area contributed by atoms with Gasteiger partial charge in [0.1, 0.15) is 0 Å². The zero-order valence-corrected chi connectivity index (χ0v) is 10.3. The van der Waals surface area contributed by atoms with E-state index in [2.05, 4.69) is 45.6 Å². The third-order valence-corrected chi connectivity index (χ3v) is 3.02. The summed E-state index contributed by atoms with van der Waals surface area (Å²) < 4.78 is 0. The number of hydrogen-bond donors (Lipinski definition) is 2. The summed E-state index contributed by atoms with van der Waals surface area (Å²) in [6.45, 7) is 2.79. The molecule has 0 amide bonds. The van der Waals surface area contributed by atoms with Crippen molar-refractivity contribution < 1.29 is 0 Å². The van der Waals surface area contributed by atoms with Crippen LogP contribution in [-0.4, -0.2) is 9.97 Å². The van der Waals surface area contributed by atoms with Crippen LogP contribution in [-0.2, 0) is 6.54 Å². The number of pyridine rings is 1. The van der Waals surface area contributed by atoms with E-state index in [1.807, 2.05) is 25.4 Å². The molecule has 0 unspecified atom stereocenters. The molecule has 0 aliphatic rings. The summed E-state index contributed by atoms with van der Waals surface area (Å²) in [5, 5.41) is 4.63. The molecule has 2 N–H and O–H groups in total. The molecule has 90 valence electrons. The fourth-order valence-electron chi connectivity index (χ4n) is 1.97. The molecular formula is C15H15N3. The summed E-state index contributed by atoms with van der Waals surface area (Å²) in [6.07, 6.45) is 3.87. The van der Waals surface area contributed by atoms with Crippen LogP contribution in [0.3, 0.4) is 0 Å². The maximum Gasteiger partial charge on any atom is 0.0455 e. The van der Waals surface area contributed by atoms with Crippen molar-refractivity contribution in [1.82, 2.24) is 9.97 Å². The van der Waals surface area contributed by atoms with Crippen LogP contribution in [0.15, 0.2) is 48.8 Å². The Labute approximate surface area is 106 Å². The van der Waals surface area contributed by atoms with E-state index in [0.29, 0.717) is 0 Å². The van der Waals surface area contributed by atoms with Crippen LogP contribution >= 0.6 is 0 Å². The summed E-state index contributed by atoms with van der Waals surface area (Å²) in [5.41, 5.74) is 4.53. The summed E-state index contributed by atoms with van der Waals surface area (Å²) >= 11 is 0. The van der Waals surface area contributed by atoms with Crippen molar-refractivity contribution >= 4 is 16.6 Å². The molecule has 3 aromatic rings. The number of nitrogens with one attached hydrogen (secondary N) is 2. The molecule has 3 nitrogen and oxygen atoms in total. The highest BCUT2D eigenvalue weighted by molar-refractivity contribution is 5.82. The molecule has 0 spiro atoms. The molecule has 0 saturated carbocycles. The Morgan fingerprint density at radius 1 is 1.17 bits per heavy atom. The molecule has 2 aromatic heterocycles. The smallest absolute Gasteiger partial charge is 0.0455 e. The zero-order valence-electron chi connectivity index (χ0n) is 10.3. The maximum atomic E-state index is 4.29. The lowest BCUT2D eigenvalue weighted by Gasteiger charge is -2.06. The second-order valence-corrected chi connectivity index (χ2v) is 4.44. The van der Waals surface area contributed by atoms with Gasteiger partial charge in [0.15, 0.2) is 0 Å². The van der Waals surface area contributed by atoms with Gasteiger partial charge in [-0.25, -0.2) is 0 Å². The van der Waals surface area contributed by atoms with Gasteiger partial charge in [-0.05, 0) is 42.8 Å². The van der Waals surface area contributed by atoms with E-state index in [4.69, 9.17) is 0 Å². The van der Waals surface area contributed by atoms with Crippen LogP contribution in [0.5, 0.6) is 0 Å². The van der Waals surface area contributed by atoms with Gasteiger partial charge in [0, 0.05) is 41.2 Å². The molecule has 0 atom stereocenters. The normalized spacial score (nSPS) is 10.7. The second kappa shape index (κ2) is 4.53. The molecule has 18 heavy (non-hydrogen) atoms. The van der Waals surface area contributed by atoms with E-state index in [0.717, 1.165) is 23.4 Å². The van der Waals surface area contributed by atoms with Crippen LogP contribution in [0.2, 0.25) is 0 Å². The van der Waals surface area contributed by atoms with Crippen molar-refractivity contribution in [3.8, 4) is 0 Å². The van der Waals surface area contributed by atoms with Crippen molar-refractivity contribution in [1.29, 1.82) is 0 Å². The molecular weight excluding hydrogens is 222 g/mol. The zero-order chi connectivity index (χ0) is 12.4. The number of benzene rings is 1. The number of rotatable bonds is 3. The van der Waals surface area contributed by atoms with E-state index in [9.17, 15) is 0 Å². The summed E-state index contributed by atoms with van der Waals surface area (Å²) in [6, 6.07) is 12.5. The maximum absolute atomic E-state index is 4.29. The third kappa shape index (κ3) is 2.20. The lowest BCUT2D eigenvalue weighted by molar-refractivity contribution is 1.09. The SMILES string of the molecule is Cc1ccc(CNc2ccc3[nH]ccc3c2)cn1. The lowest BCUT2D eigenvalue weighted by Crippen LogP contribution is -1.99. The fraction of sp³-hybridized carbons (Fsp3) is 0.133. The van der Waals surface area contributed by atoms with E-state index in [-0.39, 0.29) is 0 Å². The first-order valence-corrected chi connectivity index (χ1v) is 6.04. The molecule has 0 radical (unpaired) electrons. The minimum atomic E-state index is 0.795. The van der Waals surface area contributed by atoms with Gasteiger partial charge in [0.05, 0.1) is 0 Å². The Kier molecular flexibility index (Phi) is 2.73. The number of aromatic amines is 1. The van der Waals surface area contributed by atoms with Gasteiger partial charge in [-0.3, -0.25) is 4.98 Å². The Morgan fingerprint density at radius 3 is 2.94 bits per heavy atom. The summed E-state index contributed by atoms with van der Waals surface area (Å²) in [5.74, 6) is 0. The van der Waals surface area contributed by atoms with Crippen molar-refractivity contribution in [2.75, 3.05) is 5.32 Å². The van der Waals surface area contributed by atoms with Crippen LogP contribution in [0.1, 0.15) is 11.3 Å². The van der Waals surface area contributed by atoms with Crippen LogP contribution < -0.4 is 5.32 Å². The fourth-order valence-corrected chi connectivity index (χ4v) is 1.97. The van der Waals surface area contributed by atoms with Crippen molar-refractivity contribution in [3.05, 3.63) is 60.0 Å². The number of hydrogen-bond acceptors (Lipinski definition) is 2. The molecule has 0 saturated heterocycles. The Morgan fingerprint density at radius 2 is 2.11 bits per heavy atom. The standard InChI is InChI=1S/C15H15N3/c1-11-2-3-12(9-17-11)10-18-14-4-5-15-13(8-14)6-7-16-15/h2-9,16,18H,10H2,1H3. The number of anilines is 1. The average Bonchev–Trinajstić information content (AvgIpc) is 2.85. The first-order chi connectivity index (χ1) is 8.81. The highest BCUT2D eigenvalue weighted by Crippen LogP contribution is 2.18. The van der Waals surface area contributed by atoms with Crippen LogP contribution in [0.25, 0.3) is 10.9 Å². The number of H-pyrrole nitrogens is 1. The van der Waals surface area contributed by atoms with Gasteiger partial charge in [-0.1, -0.05) is 6.07 Å². The molecule has 3 rings (SSSR count). The Balaban J connectivity index is 1.74. The largest absolute Gasteiger partial charge is 0.381 e. The minimum Gasteiger partial charge on any atom is -0.381 e. The predicted octanol–water partition coefficient (Wildman–Crippen LogP) is 3.48. The van der Waals surface area contributed by atoms with Crippen LogP contribution in [0, 0.1) is 6.92 Å². The van der Waals surface area contributed by atoms with Gasteiger partial charge in [0.2, 0.25) is 0 Å². The highest BCUT2D eigenvalue weighted by atomic mass is 14.9. The molecule has 0 fully saturated rings. The van der Waals surface area contributed by atoms with Crippen molar-refractivity contribution in [2.45, 2.75) is 13.5 Å². The molecule has 0 aliphatic carbocycles. The van der Waals surface area contributed by atoms with Gasteiger partial charge >= 0.3 is 0 Å². The first-order valence-electron chi connectivity index (χ1n) is 6.04. The van der Waals surface area contributed by atoms with E-state index < -0.39 is 0 Å². The molecule has 2 heterocycles. The summed E-state index contributed by atoms with van der Waals surface area (Å²) in [7, 11) is 0. The molecule has 1 aromatic carbocycles. The van der Waals surface area contributed by atoms with Gasteiger partial charge in [0.25, 0.3) is 0 Å². The number of fused-ring (bicyclic) bond motifs is 1. The lowest BCUT2D eigenvalue weighted by atomic mass is 10.2. The topological polar surface area (TPSA) is 40.7 Å². The average molecular weight is 237 g/mol. The summed E-state index contributed by atoms with van der Waals surface area (Å²) in [4.78, 5) is 7.48. The number of nitrogens with zero attached hydrogens (tertiary/aromatic N) is 1. The van der Waals surface area contributed by atoms with E-state index >= 15 is 0 Å². The number of aromatic nitrogens is 2. The Hall–Kier alpha value is -2.29. The second-order valence-electron chi connectivity index (χ2n) is 4.44. The molecule has 0 bridgehead atoms. The first kappa shape index (κ1) is 10.8. The third-order valence-electron chi connectivity index (χ3n) is 3.02. The quantitative estimate of drug-likeness (QED) is 0.732. The highest BCUT2D eigenvalue weighted by Gasteiger charge is 1.98. The molecule has 3 heteroatoms.